The number of methoxy groups -OCH3 is 1. The van der Waals surface area contributed by atoms with Crippen molar-refractivity contribution in [3.05, 3.63) is 34.8 Å². The van der Waals surface area contributed by atoms with Crippen LogP contribution in [-0.2, 0) is 33.2 Å². The van der Waals surface area contributed by atoms with Crippen molar-refractivity contribution in [2.24, 2.45) is 17.8 Å². The number of carbonyl (C=O) groups is 1. The molecular weight excluding hydrogens is 937 g/mol. The van der Waals surface area contributed by atoms with E-state index in [1.165, 1.54) is 38.8 Å². The Morgan fingerprint density at radius 2 is 1.54 bits per heavy atom. The second-order valence-electron chi connectivity index (χ2n) is 20.3. The number of aliphatic hydroxyl groups excluding tert-OH is 1. The number of nitrogens with one attached hydrogen (secondary N) is 2. The van der Waals surface area contributed by atoms with Crippen molar-refractivity contribution in [3.8, 4) is 6.01 Å². The van der Waals surface area contributed by atoms with E-state index in [0.29, 0.717) is 35.5 Å². The van der Waals surface area contributed by atoms with Crippen LogP contribution >= 0.6 is 23.2 Å². The van der Waals surface area contributed by atoms with Crippen LogP contribution in [0.5, 0.6) is 6.01 Å². The summed E-state index contributed by atoms with van der Waals surface area (Å²) in [6, 6.07) is -0.921. The van der Waals surface area contributed by atoms with Crippen LogP contribution in [0.4, 0.5) is 5.95 Å². The third-order valence-corrected chi connectivity index (χ3v) is 14.9. The standard InChI is InChI=1S/C48H79Cl2N7O12/c1-14-16-57(43-53-21-32(49)22-54-43)25-48(62)31(8)65-36(19-46(48,10)63-13)67-37-28(5)40(69-42-38(34(51-12)17-27(4)64-42)68-44-55-23-33(50)24-56-44)45(9,60)18-26(3)20-52-30(7)39(58)47(11,61)35(15-2)66-41(59)29(37)6/h21-24,26-31,34-40,42,51-52,58,60-62H,14-20,25H2,1-13H3/t26-,27-,28+,29-,30-,31+,34+,35-,36+,37+,38-,39-,40-,42+,45-,46-,47-,48+/m1/s1. The Labute approximate surface area is 418 Å². The second-order valence-corrected chi connectivity index (χ2v) is 21.2. The maximum absolute atomic E-state index is 14.7. The van der Waals surface area contributed by atoms with Crippen LogP contribution in [-0.4, -0.2) is 170 Å². The van der Waals surface area contributed by atoms with Gasteiger partial charge in [-0.15, -0.1) is 0 Å². The van der Waals surface area contributed by atoms with Crippen LogP contribution in [0.25, 0.3) is 0 Å². The minimum absolute atomic E-state index is 0.0120. The van der Waals surface area contributed by atoms with Gasteiger partial charge in [-0.2, -0.15) is 0 Å². The first kappa shape index (κ1) is 57.3. The molecule has 0 spiro atoms. The first-order chi connectivity index (χ1) is 32.3. The van der Waals surface area contributed by atoms with E-state index in [1.807, 2.05) is 32.6 Å². The number of cyclic esters (lactones) is 1. The first-order valence-electron chi connectivity index (χ1n) is 24.3. The van der Waals surface area contributed by atoms with Gasteiger partial charge in [0.2, 0.25) is 5.95 Å². The topological polar surface area (TPSA) is 241 Å². The Hall–Kier alpha value is -2.63. The molecule has 392 valence electrons. The predicted octanol–water partition coefficient (Wildman–Crippen LogP) is 4.48. The molecule has 18 atom stereocenters. The molecule has 19 nitrogen and oxygen atoms in total. The molecule has 0 bridgehead atoms. The fourth-order valence-electron chi connectivity index (χ4n) is 10.4. The summed E-state index contributed by atoms with van der Waals surface area (Å²) in [6.07, 6.45) is -1.62. The van der Waals surface area contributed by atoms with E-state index >= 15 is 0 Å². The van der Waals surface area contributed by atoms with Crippen LogP contribution in [0.3, 0.4) is 0 Å². The van der Waals surface area contributed by atoms with E-state index < -0.39 is 95.5 Å². The van der Waals surface area contributed by atoms with Gasteiger partial charge in [0.1, 0.15) is 29.0 Å². The molecule has 69 heavy (non-hydrogen) atoms. The molecule has 5 heterocycles. The molecule has 0 aliphatic carbocycles. The van der Waals surface area contributed by atoms with E-state index in [-0.39, 0.29) is 49.9 Å². The van der Waals surface area contributed by atoms with Gasteiger partial charge in [0, 0.05) is 32.0 Å². The maximum atomic E-state index is 14.7. The summed E-state index contributed by atoms with van der Waals surface area (Å²) >= 11 is 12.3. The molecule has 0 saturated carbocycles. The van der Waals surface area contributed by atoms with E-state index in [4.69, 9.17) is 56.4 Å². The van der Waals surface area contributed by atoms with Crippen molar-refractivity contribution in [2.45, 2.75) is 198 Å². The minimum atomic E-state index is -1.86. The number of esters is 1. The van der Waals surface area contributed by atoms with Crippen LogP contribution in [0.15, 0.2) is 24.8 Å². The first-order valence-corrected chi connectivity index (χ1v) is 25.1. The summed E-state index contributed by atoms with van der Waals surface area (Å²) in [4.78, 5) is 33.9. The number of halogens is 2. The van der Waals surface area contributed by atoms with Crippen molar-refractivity contribution in [1.29, 1.82) is 0 Å². The SMILES string of the molecule is CCCN(C[C@]1(O)[C@H](C)O[C@@H](O[C@H]2[C@H](C)[C@@H](O[C@@H]3O[C@H](C)C[C@H](NC)[C@H]3Oc3ncc(Cl)cn3)[C@](C)(O)C[C@@H](C)CN[C@H](C)[C@@H](O)[C@](C)(O)[C@@H](CC)OC(=O)[C@@H]2C)C[C@@]1(C)OC)c1ncc(Cl)cn1. The third kappa shape index (κ3) is 13.3. The van der Waals surface area contributed by atoms with Crippen LogP contribution in [0, 0.1) is 17.8 Å². The highest BCUT2D eigenvalue weighted by molar-refractivity contribution is 6.30. The molecule has 3 aliphatic rings. The molecule has 2 aromatic heterocycles. The molecule has 3 saturated heterocycles. The molecular formula is C48H79Cl2N7O12. The lowest BCUT2D eigenvalue weighted by Crippen LogP contribution is -2.70. The van der Waals surface area contributed by atoms with E-state index in [1.54, 1.807) is 48.6 Å². The van der Waals surface area contributed by atoms with Gasteiger partial charge in [0.15, 0.2) is 18.7 Å². The van der Waals surface area contributed by atoms with E-state index in [9.17, 15) is 25.2 Å². The van der Waals surface area contributed by atoms with Gasteiger partial charge in [-0.25, -0.2) is 19.9 Å². The average molecular weight is 1020 g/mol. The van der Waals surface area contributed by atoms with Crippen molar-refractivity contribution in [2.75, 3.05) is 38.7 Å². The molecule has 6 N–H and O–H groups in total. The number of likely N-dealkylation sites (N-methyl/N-ethyl adjacent to an activating group) is 1. The van der Waals surface area contributed by atoms with Gasteiger partial charge < -0.3 is 69.1 Å². The summed E-state index contributed by atoms with van der Waals surface area (Å²) in [5.74, 6) is -2.55. The summed E-state index contributed by atoms with van der Waals surface area (Å²) < 4.78 is 46.0. The van der Waals surface area contributed by atoms with E-state index in [2.05, 4.69) is 30.6 Å². The van der Waals surface area contributed by atoms with Gasteiger partial charge >= 0.3 is 12.0 Å². The molecule has 5 rings (SSSR count). The second kappa shape index (κ2) is 23.9. The van der Waals surface area contributed by atoms with Gasteiger partial charge in [-0.1, -0.05) is 50.9 Å². The van der Waals surface area contributed by atoms with Gasteiger partial charge in [-0.05, 0) is 93.7 Å². The summed E-state index contributed by atoms with van der Waals surface area (Å²) in [7, 11) is 3.31. The van der Waals surface area contributed by atoms with Crippen molar-refractivity contribution < 1.29 is 58.4 Å². The zero-order valence-electron chi connectivity index (χ0n) is 42.6. The largest absolute Gasteiger partial charge is 0.459 e. The molecule has 3 fully saturated rings. The summed E-state index contributed by atoms with van der Waals surface area (Å²) in [6.45, 7) is 20.4. The molecule has 0 unspecified atom stereocenters. The normalized spacial score (nSPS) is 40.8. The number of ether oxygens (including phenoxy) is 7. The van der Waals surface area contributed by atoms with E-state index in [0.717, 1.165) is 6.42 Å². The average Bonchev–Trinajstić information content (AvgIpc) is 3.30. The predicted molar refractivity (Wildman–Crippen MR) is 259 cm³/mol. The zero-order valence-corrected chi connectivity index (χ0v) is 44.1. The Morgan fingerprint density at radius 1 is 0.913 bits per heavy atom. The van der Waals surface area contributed by atoms with Crippen LogP contribution in [0.2, 0.25) is 10.0 Å². The number of nitrogens with zero attached hydrogens (tertiary/aromatic N) is 5. The van der Waals surface area contributed by atoms with Crippen LogP contribution in [0.1, 0.15) is 108 Å². The van der Waals surface area contributed by atoms with Crippen LogP contribution < -0.4 is 20.3 Å². The van der Waals surface area contributed by atoms with Crippen molar-refractivity contribution in [1.82, 2.24) is 30.6 Å². The Kier molecular flexibility index (Phi) is 19.9. The Morgan fingerprint density at radius 3 is 2.12 bits per heavy atom. The Bertz CT molecular complexity index is 1930. The summed E-state index contributed by atoms with van der Waals surface area (Å²) in [5.41, 5.74) is -6.49. The number of aromatic nitrogens is 4. The highest BCUT2D eigenvalue weighted by atomic mass is 35.5. The molecule has 0 radical (unpaired) electrons. The van der Waals surface area contributed by atoms with Gasteiger partial charge in [-0.3, -0.25) is 4.79 Å². The monoisotopic (exact) mass is 1020 g/mol. The molecule has 0 amide bonds. The molecule has 0 aromatic carbocycles. The number of aliphatic hydroxyl groups is 4. The lowest BCUT2D eigenvalue weighted by atomic mass is 9.74. The fourth-order valence-corrected chi connectivity index (χ4v) is 10.6. The number of carbonyl (C=O) groups excluding carboxylic acids is 1. The highest BCUT2D eigenvalue weighted by Gasteiger charge is 2.59. The zero-order chi connectivity index (χ0) is 51.2. The fraction of sp³-hybridized carbons (Fsp3) is 0.812. The smallest absolute Gasteiger partial charge is 0.316 e. The molecule has 3 aliphatic heterocycles. The summed E-state index contributed by atoms with van der Waals surface area (Å²) in [5, 5.41) is 56.4. The quantitative estimate of drug-likeness (QED) is 0.143. The number of rotatable bonds is 14. The maximum Gasteiger partial charge on any atom is 0.316 e. The van der Waals surface area contributed by atoms with Gasteiger partial charge in [0.05, 0.1) is 83.4 Å². The highest BCUT2D eigenvalue weighted by Crippen LogP contribution is 2.44. The van der Waals surface area contributed by atoms with Crippen molar-refractivity contribution in [3.63, 3.8) is 0 Å². The number of hydrogen-bond acceptors (Lipinski definition) is 19. The number of hydrogen-bond donors (Lipinski definition) is 6. The van der Waals surface area contributed by atoms with Gasteiger partial charge in [0.25, 0.3) is 0 Å². The lowest BCUT2D eigenvalue weighted by Gasteiger charge is -2.54. The molecule has 2 aromatic rings. The lowest BCUT2D eigenvalue weighted by molar-refractivity contribution is -0.334. The third-order valence-electron chi connectivity index (χ3n) is 14.6. The Balaban J connectivity index is 1.59. The molecule has 21 heteroatoms. The van der Waals surface area contributed by atoms with Crippen molar-refractivity contribution >= 4 is 35.1 Å². The number of anilines is 1. The minimum Gasteiger partial charge on any atom is -0.459 e.